The first-order valence-corrected chi connectivity index (χ1v) is 7.77. The average Bonchev–Trinajstić information content (AvgIpc) is 2.46. The molecule has 106 valence electrons. The number of ether oxygens (including phenoxy) is 1. The van der Waals surface area contributed by atoms with Crippen LogP contribution in [0.2, 0.25) is 5.02 Å². The molecule has 1 aromatic rings. The summed E-state index contributed by atoms with van der Waals surface area (Å²) in [5, 5.41) is 4.49. The van der Waals surface area contributed by atoms with Gasteiger partial charge in [-0.05, 0) is 50.3 Å². The minimum absolute atomic E-state index is 0.330. The molecule has 1 N–H and O–H groups in total. The van der Waals surface area contributed by atoms with E-state index in [2.05, 4.69) is 24.4 Å². The lowest BCUT2D eigenvalue weighted by Crippen LogP contribution is -2.44. The first kappa shape index (κ1) is 14.8. The first-order valence-electron chi connectivity index (χ1n) is 7.39. The Labute approximate surface area is 121 Å². The van der Waals surface area contributed by atoms with Crippen molar-refractivity contribution in [2.75, 3.05) is 13.2 Å². The van der Waals surface area contributed by atoms with E-state index < -0.39 is 0 Å². The highest BCUT2D eigenvalue weighted by Gasteiger charge is 2.24. The zero-order chi connectivity index (χ0) is 13.5. The van der Waals surface area contributed by atoms with Gasteiger partial charge in [-0.25, -0.2) is 0 Å². The summed E-state index contributed by atoms with van der Waals surface area (Å²) in [7, 11) is 0. The van der Waals surface area contributed by atoms with Crippen LogP contribution in [-0.4, -0.2) is 25.3 Å². The van der Waals surface area contributed by atoms with Crippen molar-refractivity contribution in [3.8, 4) is 0 Å². The second kappa shape index (κ2) is 7.88. The average molecular weight is 282 g/mol. The lowest BCUT2D eigenvalue weighted by Gasteiger charge is -2.31. The third-order valence-electron chi connectivity index (χ3n) is 3.72. The maximum absolute atomic E-state index is 6.27. The highest BCUT2D eigenvalue weighted by molar-refractivity contribution is 6.31. The molecule has 0 bridgehead atoms. The summed E-state index contributed by atoms with van der Waals surface area (Å²) in [5.41, 5.74) is 1.21. The minimum atomic E-state index is 0.330. The number of hydrogen-bond acceptors (Lipinski definition) is 2. The van der Waals surface area contributed by atoms with Gasteiger partial charge in [-0.1, -0.05) is 36.7 Å². The largest absolute Gasteiger partial charge is 0.377 e. The number of benzene rings is 1. The van der Waals surface area contributed by atoms with Crippen LogP contribution >= 0.6 is 11.6 Å². The minimum Gasteiger partial charge on any atom is -0.377 e. The van der Waals surface area contributed by atoms with Crippen LogP contribution in [0.1, 0.15) is 38.2 Å². The maximum atomic E-state index is 6.27. The third kappa shape index (κ3) is 4.48. The van der Waals surface area contributed by atoms with Crippen molar-refractivity contribution in [3.63, 3.8) is 0 Å². The maximum Gasteiger partial charge on any atom is 0.0731 e. The monoisotopic (exact) mass is 281 g/mol. The molecular formula is C16H24ClNO. The van der Waals surface area contributed by atoms with Crippen molar-refractivity contribution in [2.45, 2.75) is 51.2 Å². The summed E-state index contributed by atoms with van der Waals surface area (Å²) in [5.74, 6) is 0. The Bertz CT molecular complexity index is 377. The molecule has 0 amide bonds. The van der Waals surface area contributed by atoms with Crippen molar-refractivity contribution in [1.29, 1.82) is 0 Å². The standard InChI is InChI=1S/C16H24ClNO/c1-2-10-18-15(16-9-5-6-11-19-16)12-13-7-3-4-8-14(13)17/h3-4,7-8,15-16,18H,2,5-6,9-12H2,1H3. The van der Waals surface area contributed by atoms with Gasteiger partial charge in [0.2, 0.25) is 0 Å². The molecule has 1 aromatic carbocycles. The lowest BCUT2D eigenvalue weighted by atomic mass is 9.96. The molecule has 2 atom stereocenters. The van der Waals surface area contributed by atoms with Gasteiger partial charge < -0.3 is 10.1 Å². The van der Waals surface area contributed by atoms with Gasteiger partial charge in [-0.2, -0.15) is 0 Å². The highest BCUT2D eigenvalue weighted by Crippen LogP contribution is 2.22. The Hall–Kier alpha value is -0.570. The van der Waals surface area contributed by atoms with E-state index in [1.165, 1.54) is 18.4 Å². The molecule has 1 aliphatic rings. The van der Waals surface area contributed by atoms with Crippen molar-refractivity contribution >= 4 is 11.6 Å². The number of hydrogen-bond donors (Lipinski definition) is 1. The molecule has 0 spiro atoms. The van der Waals surface area contributed by atoms with Crippen LogP contribution < -0.4 is 5.32 Å². The summed E-state index contributed by atoms with van der Waals surface area (Å²) < 4.78 is 5.94. The predicted molar refractivity (Wildman–Crippen MR) is 80.8 cm³/mol. The molecule has 1 heterocycles. The SMILES string of the molecule is CCCNC(Cc1ccccc1Cl)C1CCCCO1. The number of rotatable bonds is 6. The van der Waals surface area contributed by atoms with E-state index in [0.717, 1.165) is 37.4 Å². The fraction of sp³-hybridized carbons (Fsp3) is 0.625. The Morgan fingerprint density at radius 1 is 1.37 bits per heavy atom. The second-order valence-corrected chi connectivity index (χ2v) is 5.67. The van der Waals surface area contributed by atoms with E-state index in [0.29, 0.717) is 12.1 Å². The van der Waals surface area contributed by atoms with Crippen LogP contribution in [0.3, 0.4) is 0 Å². The van der Waals surface area contributed by atoms with Gasteiger partial charge in [0.15, 0.2) is 0 Å². The molecule has 1 aliphatic heterocycles. The van der Waals surface area contributed by atoms with Crippen LogP contribution in [0.15, 0.2) is 24.3 Å². The van der Waals surface area contributed by atoms with E-state index in [4.69, 9.17) is 16.3 Å². The van der Waals surface area contributed by atoms with E-state index in [9.17, 15) is 0 Å². The molecule has 0 aromatic heterocycles. The van der Waals surface area contributed by atoms with Crippen LogP contribution in [0.25, 0.3) is 0 Å². The number of halogens is 1. The Morgan fingerprint density at radius 3 is 2.89 bits per heavy atom. The fourth-order valence-electron chi connectivity index (χ4n) is 2.65. The predicted octanol–water partition coefficient (Wildman–Crippen LogP) is 3.82. The lowest BCUT2D eigenvalue weighted by molar-refractivity contribution is -0.00737. The topological polar surface area (TPSA) is 21.3 Å². The summed E-state index contributed by atoms with van der Waals surface area (Å²) in [6, 6.07) is 8.50. The van der Waals surface area contributed by atoms with Crippen molar-refractivity contribution < 1.29 is 4.74 Å². The van der Waals surface area contributed by atoms with E-state index in [-0.39, 0.29) is 0 Å². The molecule has 2 nitrogen and oxygen atoms in total. The Morgan fingerprint density at radius 2 is 2.21 bits per heavy atom. The fourth-order valence-corrected chi connectivity index (χ4v) is 2.86. The Balaban J connectivity index is 2.02. The van der Waals surface area contributed by atoms with Crippen LogP contribution in [0.4, 0.5) is 0 Å². The smallest absolute Gasteiger partial charge is 0.0731 e. The van der Waals surface area contributed by atoms with Crippen LogP contribution in [0.5, 0.6) is 0 Å². The molecule has 19 heavy (non-hydrogen) atoms. The van der Waals surface area contributed by atoms with Gasteiger partial charge in [-0.3, -0.25) is 0 Å². The zero-order valence-electron chi connectivity index (χ0n) is 11.7. The Kier molecular flexibility index (Phi) is 6.15. The van der Waals surface area contributed by atoms with Gasteiger partial charge in [-0.15, -0.1) is 0 Å². The second-order valence-electron chi connectivity index (χ2n) is 5.26. The molecule has 0 saturated carbocycles. The van der Waals surface area contributed by atoms with Gasteiger partial charge in [0.1, 0.15) is 0 Å². The summed E-state index contributed by atoms with van der Waals surface area (Å²) >= 11 is 6.27. The molecule has 2 rings (SSSR count). The first-order chi connectivity index (χ1) is 9.31. The quantitative estimate of drug-likeness (QED) is 0.856. The van der Waals surface area contributed by atoms with E-state index in [1.807, 2.05) is 12.1 Å². The zero-order valence-corrected chi connectivity index (χ0v) is 12.5. The van der Waals surface area contributed by atoms with Crippen molar-refractivity contribution in [3.05, 3.63) is 34.9 Å². The highest BCUT2D eigenvalue weighted by atomic mass is 35.5. The molecule has 1 saturated heterocycles. The normalized spacial score (nSPS) is 21.3. The van der Waals surface area contributed by atoms with Crippen molar-refractivity contribution in [2.24, 2.45) is 0 Å². The molecule has 3 heteroatoms. The third-order valence-corrected chi connectivity index (χ3v) is 4.09. The van der Waals surface area contributed by atoms with Gasteiger partial charge in [0.05, 0.1) is 6.10 Å². The van der Waals surface area contributed by atoms with Crippen LogP contribution in [0, 0.1) is 0 Å². The summed E-state index contributed by atoms with van der Waals surface area (Å²) in [6.07, 6.45) is 6.05. The molecule has 2 unspecified atom stereocenters. The molecule has 1 fully saturated rings. The summed E-state index contributed by atoms with van der Waals surface area (Å²) in [6.45, 7) is 4.13. The van der Waals surface area contributed by atoms with Crippen LogP contribution in [-0.2, 0) is 11.2 Å². The summed E-state index contributed by atoms with van der Waals surface area (Å²) in [4.78, 5) is 0. The van der Waals surface area contributed by atoms with E-state index in [1.54, 1.807) is 0 Å². The van der Waals surface area contributed by atoms with Gasteiger partial charge in [0.25, 0.3) is 0 Å². The molecule has 0 aliphatic carbocycles. The van der Waals surface area contributed by atoms with E-state index >= 15 is 0 Å². The van der Waals surface area contributed by atoms with Crippen molar-refractivity contribution in [1.82, 2.24) is 5.32 Å². The van der Waals surface area contributed by atoms with Gasteiger partial charge in [0, 0.05) is 17.7 Å². The molecular weight excluding hydrogens is 258 g/mol. The van der Waals surface area contributed by atoms with Gasteiger partial charge >= 0.3 is 0 Å². The molecule has 0 radical (unpaired) electrons. The number of nitrogens with one attached hydrogen (secondary N) is 1.